The summed E-state index contributed by atoms with van der Waals surface area (Å²) >= 11 is 0. The molecule has 0 saturated heterocycles. The van der Waals surface area contributed by atoms with Gasteiger partial charge >= 0.3 is 0 Å². The summed E-state index contributed by atoms with van der Waals surface area (Å²) in [6, 6.07) is 74.9. The largest absolute Gasteiger partial charge is 0.208 e. The molecule has 9 aromatic carbocycles. The monoisotopic (exact) mass is 713 g/mol. The fourth-order valence-corrected chi connectivity index (χ4v) is 7.68. The van der Waals surface area contributed by atoms with Crippen LogP contribution in [0.25, 0.3) is 100 Å². The number of hydrogen-bond acceptors (Lipinski definition) is 3. The first-order chi connectivity index (χ1) is 27.7. The topological polar surface area (TPSA) is 38.7 Å². The van der Waals surface area contributed by atoms with E-state index in [4.69, 9.17) is 15.0 Å². The number of fused-ring (bicyclic) bond motifs is 2. The van der Waals surface area contributed by atoms with Crippen LogP contribution >= 0.6 is 0 Å². The van der Waals surface area contributed by atoms with Crippen LogP contribution in [-0.2, 0) is 0 Å². The summed E-state index contributed by atoms with van der Waals surface area (Å²) in [5.74, 6) is 1.89. The molecule has 262 valence electrons. The summed E-state index contributed by atoms with van der Waals surface area (Å²) in [7, 11) is 0. The maximum Gasteiger partial charge on any atom is 0.164 e. The molecule has 0 radical (unpaired) electrons. The molecule has 0 aliphatic carbocycles. The fraction of sp³-hybridized carbons (Fsp3) is 0. The van der Waals surface area contributed by atoms with Crippen LogP contribution in [0.2, 0.25) is 0 Å². The zero-order chi connectivity index (χ0) is 37.3. The molecule has 10 rings (SSSR count). The van der Waals surface area contributed by atoms with Gasteiger partial charge in [0, 0.05) is 16.7 Å². The number of benzene rings is 9. The lowest BCUT2D eigenvalue weighted by atomic mass is 9.89. The Hall–Kier alpha value is -7.49. The lowest BCUT2D eigenvalue weighted by Gasteiger charge is -2.15. The third kappa shape index (κ3) is 6.42. The van der Waals surface area contributed by atoms with E-state index < -0.39 is 0 Å². The predicted molar refractivity (Wildman–Crippen MR) is 233 cm³/mol. The van der Waals surface area contributed by atoms with E-state index in [1.54, 1.807) is 0 Å². The van der Waals surface area contributed by atoms with Crippen molar-refractivity contribution in [3.05, 3.63) is 212 Å². The van der Waals surface area contributed by atoms with Crippen LogP contribution in [0.15, 0.2) is 212 Å². The second-order valence-electron chi connectivity index (χ2n) is 14.0. The molecule has 1 aromatic heterocycles. The quantitative estimate of drug-likeness (QED) is 0.165. The van der Waals surface area contributed by atoms with Gasteiger partial charge in [-0.3, -0.25) is 0 Å². The summed E-state index contributed by atoms with van der Waals surface area (Å²) in [6.45, 7) is 0. The summed E-state index contributed by atoms with van der Waals surface area (Å²) in [5.41, 5.74) is 12.0. The Labute approximate surface area is 326 Å². The van der Waals surface area contributed by atoms with Crippen LogP contribution < -0.4 is 0 Å². The lowest BCUT2D eigenvalue weighted by Crippen LogP contribution is -2.00. The second-order valence-corrected chi connectivity index (χ2v) is 14.0. The van der Waals surface area contributed by atoms with E-state index in [9.17, 15) is 0 Å². The first kappa shape index (κ1) is 33.1. The van der Waals surface area contributed by atoms with Gasteiger partial charge in [0.05, 0.1) is 0 Å². The second kappa shape index (κ2) is 14.4. The van der Waals surface area contributed by atoms with Crippen molar-refractivity contribution >= 4 is 21.5 Å². The summed E-state index contributed by atoms with van der Waals surface area (Å²) in [4.78, 5) is 15.4. The zero-order valence-electron chi connectivity index (χ0n) is 30.5. The van der Waals surface area contributed by atoms with Gasteiger partial charge in [-0.05, 0) is 90.3 Å². The van der Waals surface area contributed by atoms with Crippen molar-refractivity contribution in [1.29, 1.82) is 0 Å². The van der Waals surface area contributed by atoms with E-state index in [-0.39, 0.29) is 0 Å². The van der Waals surface area contributed by atoms with Gasteiger partial charge in [0.15, 0.2) is 17.5 Å². The molecule has 56 heavy (non-hydrogen) atoms. The highest BCUT2D eigenvalue weighted by Crippen LogP contribution is 2.39. The smallest absolute Gasteiger partial charge is 0.164 e. The van der Waals surface area contributed by atoms with Crippen LogP contribution in [0.4, 0.5) is 0 Å². The Bertz CT molecular complexity index is 3020. The third-order valence-corrected chi connectivity index (χ3v) is 10.5. The molecule has 0 spiro atoms. The fourth-order valence-electron chi connectivity index (χ4n) is 7.68. The van der Waals surface area contributed by atoms with Crippen molar-refractivity contribution in [2.45, 2.75) is 0 Å². The van der Waals surface area contributed by atoms with Gasteiger partial charge in [0.25, 0.3) is 0 Å². The van der Waals surface area contributed by atoms with Crippen molar-refractivity contribution in [3.8, 4) is 78.7 Å². The average molecular weight is 714 g/mol. The van der Waals surface area contributed by atoms with Gasteiger partial charge in [-0.1, -0.05) is 188 Å². The Kier molecular flexibility index (Phi) is 8.51. The van der Waals surface area contributed by atoms with Crippen LogP contribution in [-0.4, -0.2) is 15.0 Å². The Morgan fingerprint density at radius 3 is 1.43 bits per heavy atom. The number of nitrogens with zero attached hydrogens (tertiary/aromatic N) is 3. The highest BCUT2D eigenvalue weighted by atomic mass is 15.0. The first-order valence-electron chi connectivity index (χ1n) is 18.9. The van der Waals surface area contributed by atoms with Crippen LogP contribution in [0, 0.1) is 0 Å². The molecular formula is C53H35N3. The van der Waals surface area contributed by atoms with Crippen LogP contribution in [0.5, 0.6) is 0 Å². The van der Waals surface area contributed by atoms with Gasteiger partial charge in [0.1, 0.15) is 0 Å². The summed E-state index contributed by atoms with van der Waals surface area (Å²) in [6.07, 6.45) is 0. The molecule has 0 unspecified atom stereocenters. The highest BCUT2D eigenvalue weighted by Gasteiger charge is 2.16. The van der Waals surface area contributed by atoms with Gasteiger partial charge in [-0.2, -0.15) is 0 Å². The minimum Gasteiger partial charge on any atom is -0.208 e. The van der Waals surface area contributed by atoms with Crippen molar-refractivity contribution in [2.75, 3.05) is 0 Å². The standard InChI is InChI=1S/C53H35N3/c1-3-14-36(15-4-1)41-22-11-24-44(32-41)51-54-52(56-53(55-51)46-29-28-37-16-7-8-20-40(37)33-46)45-25-12-23-42(34-45)49-31-30-43(35-50(49)39-17-5-2-6-18-39)48-27-13-21-38-19-9-10-26-47(38)48/h1-35H. The van der Waals surface area contributed by atoms with E-state index in [1.165, 1.54) is 32.8 Å². The van der Waals surface area contributed by atoms with E-state index in [1.807, 2.05) is 6.07 Å². The van der Waals surface area contributed by atoms with Crippen molar-refractivity contribution in [2.24, 2.45) is 0 Å². The maximum atomic E-state index is 5.17. The van der Waals surface area contributed by atoms with E-state index in [0.29, 0.717) is 17.5 Å². The van der Waals surface area contributed by atoms with E-state index >= 15 is 0 Å². The van der Waals surface area contributed by atoms with E-state index in [2.05, 4.69) is 206 Å². The van der Waals surface area contributed by atoms with Crippen molar-refractivity contribution in [1.82, 2.24) is 15.0 Å². The molecule has 0 N–H and O–H groups in total. The molecule has 1 heterocycles. The lowest BCUT2D eigenvalue weighted by molar-refractivity contribution is 1.07. The molecule has 0 aliphatic heterocycles. The summed E-state index contributed by atoms with van der Waals surface area (Å²) in [5, 5.41) is 4.79. The third-order valence-electron chi connectivity index (χ3n) is 10.5. The molecule has 0 atom stereocenters. The van der Waals surface area contributed by atoms with Gasteiger partial charge in [0.2, 0.25) is 0 Å². The molecule has 0 saturated carbocycles. The molecule has 3 heteroatoms. The molecule has 10 aromatic rings. The number of rotatable bonds is 7. The molecule has 0 amide bonds. The van der Waals surface area contributed by atoms with Crippen molar-refractivity contribution < 1.29 is 0 Å². The highest BCUT2D eigenvalue weighted by molar-refractivity contribution is 5.98. The Balaban J connectivity index is 1.12. The number of aromatic nitrogens is 3. The van der Waals surface area contributed by atoms with Crippen molar-refractivity contribution in [3.63, 3.8) is 0 Å². The SMILES string of the molecule is c1ccc(-c2cccc(-c3nc(-c4cccc(-c5ccc(-c6cccc7ccccc67)cc5-c5ccccc5)c4)nc(-c4ccc5ccccc5c4)n3)c2)cc1. The average Bonchev–Trinajstić information content (AvgIpc) is 3.29. The van der Waals surface area contributed by atoms with Gasteiger partial charge in [-0.15, -0.1) is 0 Å². The molecule has 0 fully saturated rings. The molecule has 3 nitrogen and oxygen atoms in total. The minimum atomic E-state index is 0.624. The van der Waals surface area contributed by atoms with Gasteiger partial charge < -0.3 is 0 Å². The molecular weight excluding hydrogens is 679 g/mol. The Morgan fingerprint density at radius 1 is 0.214 bits per heavy atom. The number of hydrogen-bond donors (Lipinski definition) is 0. The summed E-state index contributed by atoms with van der Waals surface area (Å²) < 4.78 is 0. The van der Waals surface area contributed by atoms with Crippen LogP contribution in [0.1, 0.15) is 0 Å². The molecule has 0 aliphatic rings. The predicted octanol–water partition coefficient (Wildman–Crippen LogP) is 13.8. The zero-order valence-corrected chi connectivity index (χ0v) is 30.5. The minimum absolute atomic E-state index is 0.624. The van der Waals surface area contributed by atoms with Gasteiger partial charge in [-0.25, -0.2) is 15.0 Å². The normalized spacial score (nSPS) is 11.2. The Morgan fingerprint density at radius 2 is 0.696 bits per heavy atom. The van der Waals surface area contributed by atoms with Crippen LogP contribution in [0.3, 0.4) is 0 Å². The molecule has 0 bridgehead atoms. The maximum absolute atomic E-state index is 5.17. The first-order valence-corrected chi connectivity index (χ1v) is 18.9. The van der Waals surface area contributed by atoms with E-state index in [0.717, 1.165) is 49.9 Å².